The van der Waals surface area contributed by atoms with Gasteiger partial charge in [-0.2, -0.15) is 4.39 Å². The molecule has 1 unspecified atom stereocenters. The zero-order chi connectivity index (χ0) is 29.1. The second-order valence-corrected chi connectivity index (χ2v) is 11.6. The number of anilines is 2. The van der Waals surface area contributed by atoms with E-state index in [9.17, 15) is 14.0 Å². The molecule has 9 nitrogen and oxygen atoms in total. The first-order chi connectivity index (χ1) is 20.4. The van der Waals surface area contributed by atoms with E-state index in [0.717, 1.165) is 68.0 Å². The highest BCUT2D eigenvalue weighted by atomic mass is 32.1. The molecule has 2 aliphatic heterocycles. The van der Waals surface area contributed by atoms with Crippen molar-refractivity contribution >= 4 is 34.0 Å². The number of aromatic nitrogens is 3. The second kappa shape index (κ2) is 12.3. The molecule has 11 heteroatoms. The van der Waals surface area contributed by atoms with Gasteiger partial charge in [-0.25, -0.2) is 9.97 Å². The average molecular weight is 589 g/mol. The van der Waals surface area contributed by atoms with Crippen LogP contribution in [0.1, 0.15) is 60.4 Å². The van der Waals surface area contributed by atoms with Crippen LogP contribution in [0.2, 0.25) is 0 Å². The third-order valence-corrected chi connectivity index (χ3v) is 8.68. The number of halogens is 1. The maximum Gasteiger partial charge on any atom is 0.274 e. The Hall–Kier alpha value is -4.25. The monoisotopic (exact) mass is 588 g/mol. The summed E-state index contributed by atoms with van der Waals surface area (Å²) < 4.78 is 21.5. The first-order valence-electron chi connectivity index (χ1n) is 14.2. The molecule has 0 spiro atoms. The number of nitrogens with zero attached hydrogens (tertiary/aromatic N) is 5. The number of carbonyl (C=O) groups is 2. The molecule has 1 N–H and O–H groups in total. The third-order valence-electron chi connectivity index (χ3n) is 7.90. The van der Waals surface area contributed by atoms with Crippen molar-refractivity contribution in [2.75, 3.05) is 29.9 Å². The number of ether oxygens (including phenoxy) is 1. The van der Waals surface area contributed by atoms with Gasteiger partial charge in [-0.1, -0.05) is 0 Å². The summed E-state index contributed by atoms with van der Waals surface area (Å²) in [4.78, 5) is 37.3. The van der Waals surface area contributed by atoms with Crippen molar-refractivity contribution in [2.45, 2.75) is 51.3 Å². The fourth-order valence-electron chi connectivity index (χ4n) is 5.73. The number of pyridine rings is 1. The van der Waals surface area contributed by atoms with Crippen LogP contribution in [-0.2, 0) is 11.3 Å². The molecule has 0 aliphatic carbocycles. The van der Waals surface area contributed by atoms with Gasteiger partial charge in [0.25, 0.3) is 5.91 Å². The number of thiazole rings is 1. The summed E-state index contributed by atoms with van der Waals surface area (Å²) in [6, 6.07) is 15.0. The van der Waals surface area contributed by atoms with E-state index in [1.807, 2.05) is 22.4 Å². The Balaban J connectivity index is 1.07. The molecule has 42 heavy (non-hydrogen) atoms. The number of hydrogen-bond acceptors (Lipinski definition) is 7. The number of benzene rings is 1. The van der Waals surface area contributed by atoms with E-state index in [0.29, 0.717) is 17.4 Å². The van der Waals surface area contributed by atoms with Gasteiger partial charge >= 0.3 is 0 Å². The van der Waals surface area contributed by atoms with Gasteiger partial charge in [0, 0.05) is 69.4 Å². The van der Waals surface area contributed by atoms with Crippen LogP contribution >= 0.6 is 11.3 Å². The second-order valence-electron chi connectivity index (χ2n) is 10.7. The molecule has 2 aliphatic rings. The highest BCUT2D eigenvalue weighted by Crippen LogP contribution is 2.38. The molecule has 4 aromatic rings. The van der Waals surface area contributed by atoms with Crippen LogP contribution in [-0.4, -0.2) is 57.0 Å². The Morgan fingerprint density at radius 1 is 1.10 bits per heavy atom. The van der Waals surface area contributed by atoms with Crippen molar-refractivity contribution in [3.63, 3.8) is 0 Å². The fourth-order valence-corrected chi connectivity index (χ4v) is 6.49. The molecule has 2 amide bonds. The van der Waals surface area contributed by atoms with Gasteiger partial charge in [-0.3, -0.25) is 14.9 Å². The molecule has 5 heterocycles. The van der Waals surface area contributed by atoms with E-state index in [1.165, 1.54) is 23.6 Å². The van der Waals surface area contributed by atoms with Crippen molar-refractivity contribution < 1.29 is 18.7 Å². The van der Waals surface area contributed by atoms with Crippen LogP contribution in [0, 0.1) is 5.95 Å². The minimum absolute atomic E-state index is 0.121. The van der Waals surface area contributed by atoms with Crippen LogP contribution in [0.15, 0.2) is 66.3 Å². The van der Waals surface area contributed by atoms with E-state index >= 15 is 0 Å². The largest absolute Gasteiger partial charge is 0.490 e. The number of hydrogen-bond donors (Lipinski definition) is 1. The minimum Gasteiger partial charge on any atom is -0.490 e. The topological polar surface area (TPSA) is 92.6 Å². The van der Waals surface area contributed by atoms with Gasteiger partial charge in [-0.15, -0.1) is 11.3 Å². The Morgan fingerprint density at radius 2 is 1.90 bits per heavy atom. The van der Waals surface area contributed by atoms with Gasteiger partial charge < -0.3 is 19.1 Å². The molecule has 1 aromatic carbocycles. The highest BCUT2D eigenvalue weighted by molar-refractivity contribution is 7.14. The van der Waals surface area contributed by atoms with Gasteiger partial charge in [-0.05, 0) is 66.9 Å². The first kappa shape index (κ1) is 27.9. The lowest BCUT2D eigenvalue weighted by Gasteiger charge is -2.31. The minimum atomic E-state index is -0.547. The number of nitrogens with one attached hydrogen (secondary N) is 1. The SMILES string of the molecule is CC(=O)N1CCC(Oc2ccc(N3CCCC3c3csc(NC(=O)c4cccn4Cc4ccnc(F)c4)n3)cc2)CC1. The van der Waals surface area contributed by atoms with Crippen LogP contribution in [0.4, 0.5) is 15.2 Å². The molecule has 6 rings (SSSR count). The maximum atomic E-state index is 13.5. The van der Waals surface area contributed by atoms with Crippen molar-refractivity contribution in [2.24, 2.45) is 0 Å². The molecular formula is C31H33FN6O3S. The van der Waals surface area contributed by atoms with Crippen molar-refractivity contribution in [3.05, 3.63) is 89.2 Å². The Morgan fingerprint density at radius 3 is 2.67 bits per heavy atom. The molecule has 3 aromatic heterocycles. The smallest absolute Gasteiger partial charge is 0.274 e. The summed E-state index contributed by atoms with van der Waals surface area (Å²) in [5.74, 6) is 0.155. The number of likely N-dealkylation sites (tertiary alicyclic amines) is 1. The third kappa shape index (κ3) is 6.30. The van der Waals surface area contributed by atoms with E-state index < -0.39 is 5.95 Å². The standard InChI is InChI=1S/C31H33FN6O3S/c1-21(39)36-16-11-25(12-17-36)41-24-8-6-23(7-9-24)38-15-3-4-27(38)26-20-42-31(34-26)35-30(40)28-5-2-14-37(28)19-22-10-13-33-29(32)18-22/h2,5-10,13-14,18,20,25,27H,3-4,11-12,15-17,19H2,1H3,(H,34,35,40). The van der Waals surface area contributed by atoms with E-state index in [4.69, 9.17) is 9.72 Å². The lowest BCUT2D eigenvalue weighted by molar-refractivity contribution is -0.130. The number of rotatable bonds is 8. The van der Waals surface area contributed by atoms with Crippen molar-refractivity contribution in [1.29, 1.82) is 0 Å². The Kier molecular flexibility index (Phi) is 8.18. The number of carbonyl (C=O) groups excluding carboxylic acids is 2. The van der Waals surface area contributed by atoms with Crippen molar-refractivity contribution in [1.82, 2.24) is 19.4 Å². The van der Waals surface area contributed by atoms with Gasteiger partial charge in [0.15, 0.2) is 5.13 Å². The van der Waals surface area contributed by atoms with Crippen LogP contribution in [0.5, 0.6) is 5.75 Å². The van der Waals surface area contributed by atoms with Crippen LogP contribution in [0.3, 0.4) is 0 Å². The summed E-state index contributed by atoms with van der Waals surface area (Å²) in [6.45, 7) is 4.38. The summed E-state index contributed by atoms with van der Waals surface area (Å²) in [5, 5.41) is 5.50. The lowest BCUT2D eigenvalue weighted by Crippen LogP contribution is -2.40. The molecule has 0 bridgehead atoms. The van der Waals surface area contributed by atoms with Crippen molar-refractivity contribution in [3.8, 4) is 5.75 Å². The van der Waals surface area contributed by atoms with Gasteiger partial charge in [0.1, 0.15) is 17.5 Å². The quantitative estimate of drug-likeness (QED) is 0.273. The zero-order valence-corrected chi connectivity index (χ0v) is 24.2. The normalized spacial score (nSPS) is 17.4. The lowest BCUT2D eigenvalue weighted by atomic mass is 10.1. The Labute approximate surface area is 248 Å². The summed E-state index contributed by atoms with van der Waals surface area (Å²) >= 11 is 1.41. The van der Waals surface area contributed by atoms with E-state index in [2.05, 4.69) is 27.3 Å². The van der Waals surface area contributed by atoms with E-state index in [-0.39, 0.29) is 24.0 Å². The predicted octanol–water partition coefficient (Wildman–Crippen LogP) is 5.51. The number of piperidine rings is 1. The summed E-state index contributed by atoms with van der Waals surface area (Å²) in [5.41, 5.74) is 3.24. The summed E-state index contributed by atoms with van der Waals surface area (Å²) in [7, 11) is 0. The highest BCUT2D eigenvalue weighted by Gasteiger charge is 2.29. The zero-order valence-electron chi connectivity index (χ0n) is 23.4. The summed E-state index contributed by atoms with van der Waals surface area (Å²) in [6.07, 6.45) is 7.06. The number of amides is 2. The van der Waals surface area contributed by atoms with E-state index in [1.54, 1.807) is 35.9 Å². The molecule has 0 saturated carbocycles. The average Bonchev–Trinajstić information content (AvgIpc) is 3.75. The molecule has 1 atom stereocenters. The molecule has 0 radical (unpaired) electrons. The predicted molar refractivity (Wildman–Crippen MR) is 159 cm³/mol. The molecule has 2 saturated heterocycles. The van der Waals surface area contributed by atoms with Gasteiger partial charge in [0.2, 0.25) is 11.9 Å². The first-order valence-corrected chi connectivity index (χ1v) is 15.1. The van der Waals surface area contributed by atoms with Crippen LogP contribution < -0.4 is 15.0 Å². The molecular weight excluding hydrogens is 555 g/mol. The molecule has 2 fully saturated rings. The van der Waals surface area contributed by atoms with Crippen LogP contribution in [0.25, 0.3) is 0 Å². The van der Waals surface area contributed by atoms with Gasteiger partial charge in [0.05, 0.1) is 11.7 Å². The Bertz CT molecular complexity index is 1550. The fraction of sp³-hybridized carbons (Fsp3) is 0.355. The maximum absolute atomic E-state index is 13.5. The molecule has 218 valence electrons.